The average Bonchev–Trinajstić information content (AvgIpc) is 3.20. The summed E-state index contributed by atoms with van der Waals surface area (Å²) >= 11 is 2.64. The zero-order valence-corrected chi connectivity index (χ0v) is 20.3. The molecule has 0 atom stereocenters. The summed E-state index contributed by atoms with van der Waals surface area (Å²) in [5, 5.41) is 11.2. The Bertz CT molecular complexity index is 1100. The highest BCUT2D eigenvalue weighted by Gasteiger charge is 2.31. The summed E-state index contributed by atoms with van der Waals surface area (Å²) in [4.78, 5) is 26.6. The van der Waals surface area contributed by atoms with E-state index in [2.05, 4.69) is 19.7 Å². The van der Waals surface area contributed by atoms with Gasteiger partial charge in [0.05, 0.1) is 5.69 Å². The van der Waals surface area contributed by atoms with Crippen molar-refractivity contribution in [1.29, 1.82) is 0 Å². The number of likely N-dealkylation sites (N-methyl/N-ethyl adjacent to an activating group) is 1. The maximum atomic E-state index is 12.3. The lowest BCUT2D eigenvalue weighted by Gasteiger charge is -2.20. The lowest BCUT2D eigenvalue weighted by molar-refractivity contribution is -0.274. The second-order valence-electron chi connectivity index (χ2n) is 7.70. The molecule has 0 bridgehead atoms. The smallest absolute Gasteiger partial charge is 0.480 e. The molecular formula is C22H23F3N4O3S2. The number of aliphatic carboxylic acids is 1. The van der Waals surface area contributed by atoms with E-state index in [-0.39, 0.29) is 5.75 Å². The van der Waals surface area contributed by atoms with Gasteiger partial charge in [0.2, 0.25) is 5.95 Å². The van der Waals surface area contributed by atoms with Crippen LogP contribution in [0.25, 0.3) is 11.1 Å². The summed E-state index contributed by atoms with van der Waals surface area (Å²) in [7, 11) is 0. The topological polar surface area (TPSA) is 88.4 Å². The number of aromatic nitrogens is 3. The number of nitrogens with zero attached hydrogens (tertiary/aromatic N) is 4. The first-order valence-electron chi connectivity index (χ1n) is 10.3. The number of alkyl halides is 3. The minimum Gasteiger partial charge on any atom is -0.480 e. The molecule has 3 rings (SSSR count). The van der Waals surface area contributed by atoms with Crippen molar-refractivity contribution in [2.45, 2.75) is 42.6 Å². The Hall–Kier alpha value is -2.86. The highest BCUT2D eigenvalue weighted by Crippen LogP contribution is 2.34. The Kier molecular flexibility index (Phi) is 8.03. The van der Waals surface area contributed by atoms with E-state index in [4.69, 9.17) is 0 Å². The first-order chi connectivity index (χ1) is 16.0. The van der Waals surface area contributed by atoms with E-state index in [9.17, 15) is 23.1 Å². The maximum absolute atomic E-state index is 12.3. The van der Waals surface area contributed by atoms with E-state index in [1.165, 1.54) is 47.4 Å². The molecule has 0 saturated carbocycles. The predicted molar refractivity (Wildman–Crippen MR) is 125 cm³/mol. The van der Waals surface area contributed by atoms with Gasteiger partial charge >= 0.3 is 12.3 Å². The fourth-order valence-electron chi connectivity index (χ4n) is 2.84. The molecule has 0 unspecified atom stereocenters. The minimum absolute atomic E-state index is 0.291. The van der Waals surface area contributed by atoms with Crippen LogP contribution in [-0.2, 0) is 11.2 Å². The molecule has 182 valence electrons. The van der Waals surface area contributed by atoms with Crippen molar-refractivity contribution in [3.05, 3.63) is 47.7 Å². The molecule has 2 aromatic heterocycles. The number of thiazole rings is 1. The molecule has 1 aromatic carbocycles. The zero-order chi connectivity index (χ0) is 24.9. The Balaban J connectivity index is 1.61. The summed E-state index contributed by atoms with van der Waals surface area (Å²) in [6, 6.07) is 5.52. The van der Waals surface area contributed by atoms with Crippen molar-refractivity contribution in [2.75, 3.05) is 18.0 Å². The summed E-state index contributed by atoms with van der Waals surface area (Å²) < 4.78 is 40.6. The minimum atomic E-state index is -4.73. The zero-order valence-electron chi connectivity index (χ0n) is 18.7. The molecule has 0 saturated heterocycles. The highest BCUT2D eigenvalue weighted by molar-refractivity contribution is 8.02. The lowest BCUT2D eigenvalue weighted by atomic mass is 10.1. The third-order valence-corrected chi connectivity index (χ3v) is 6.92. The number of ether oxygens (including phenoxy) is 1. The molecule has 0 aliphatic heterocycles. The number of rotatable bonds is 10. The van der Waals surface area contributed by atoms with Crippen LogP contribution in [0.5, 0.6) is 5.75 Å². The van der Waals surface area contributed by atoms with Crippen LogP contribution < -0.4 is 9.64 Å². The normalized spacial score (nSPS) is 11.9. The van der Waals surface area contributed by atoms with Gasteiger partial charge in [0.25, 0.3) is 0 Å². The molecule has 7 nitrogen and oxygen atoms in total. The number of benzene rings is 1. The average molecular weight is 513 g/mol. The first kappa shape index (κ1) is 25.8. The Morgan fingerprint density at radius 1 is 1.15 bits per heavy atom. The van der Waals surface area contributed by atoms with Gasteiger partial charge in [-0.1, -0.05) is 23.9 Å². The van der Waals surface area contributed by atoms with E-state index < -0.39 is 17.1 Å². The molecule has 34 heavy (non-hydrogen) atoms. The molecule has 0 radical (unpaired) electrons. The second-order valence-corrected chi connectivity index (χ2v) is 10.4. The molecule has 0 aliphatic carbocycles. The van der Waals surface area contributed by atoms with Crippen LogP contribution in [0.2, 0.25) is 0 Å². The van der Waals surface area contributed by atoms with Gasteiger partial charge in [-0.15, -0.1) is 24.5 Å². The molecule has 0 fully saturated rings. The van der Waals surface area contributed by atoms with E-state index in [1.54, 1.807) is 26.2 Å². The summed E-state index contributed by atoms with van der Waals surface area (Å²) in [6.45, 7) is 6.56. The van der Waals surface area contributed by atoms with Gasteiger partial charge in [-0.3, -0.25) is 4.79 Å². The van der Waals surface area contributed by atoms with Crippen molar-refractivity contribution < 1.29 is 27.8 Å². The second kappa shape index (κ2) is 10.6. The van der Waals surface area contributed by atoms with Gasteiger partial charge in [-0.05, 0) is 38.5 Å². The van der Waals surface area contributed by atoms with Gasteiger partial charge in [0.15, 0.2) is 4.34 Å². The number of halogens is 3. The van der Waals surface area contributed by atoms with E-state index in [0.29, 0.717) is 40.9 Å². The molecule has 12 heteroatoms. The monoisotopic (exact) mass is 512 g/mol. The van der Waals surface area contributed by atoms with Crippen molar-refractivity contribution in [2.24, 2.45) is 0 Å². The maximum Gasteiger partial charge on any atom is 0.573 e. The van der Waals surface area contributed by atoms with Crippen LogP contribution in [0.1, 0.15) is 26.5 Å². The number of anilines is 1. The lowest BCUT2D eigenvalue weighted by Crippen LogP contribution is -2.27. The van der Waals surface area contributed by atoms with Gasteiger partial charge < -0.3 is 14.7 Å². The van der Waals surface area contributed by atoms with Gasteiger partial charge in [0, 0.05) is 42.8 Å². The Morgan fingerprint density at radius 2 is 1.79 bits per heavy atom. The number of hydrogen-bond acceptors (Lipinski definition) is 8. The van der Waals surface area contributed by atoms with Crippen LogP contribution in [-0.4, -0.2) is 50.2 Å². The fraction of sp³-hybridized carbons (Fsp3) is 0.364. The largest absolute Gasteiger partial charge is 0.573 e. The quantitative estimate of drug-likeness (QED) is 0.355. The summed E-state index contributed by atoms with van der Waals surface area (Å²) in [6.07, 6.45) is -0.847. The summed E-state index contributed by atoms with van der Waals surface area (Å²) in [5.41, 5.74) is 2.20. The first-order valence-corrected chi connectivity index (χ1v) is 12.0. The van der Waals surface area contributed by atoms with Gasteiger partial charge in [-0.25, -0.2) is 15.0 Å². The van der Waals surface area contributed by atoms with Crippen molar-refractivity contribution in [3.63, 3.8) is 0 Å². The Labute approximate surface area is 203 Å². The summed E-state index contributed by atoms with van der Waals surface area (Å²) in [5.74, 6) is -0.654. The number of carboxylic acids is 1. The number of thioether (sulfide) groups is 1. The van der Waals surface area contributed by atoms with E-state index >= 15 is 0 Å². The molecule has 0 spiro atoms. The van der Waals surface area contributed by atoms with Crippen LogP contribution in [0, 0.1) is 0 Å². The van der Waals surface area contributed by atoms with Crippen LogP contribution in [0.3, 0.4) is 0 Å². The van der Waals surface area contributed by atoms with Gasteiger partial charge in [-0.2, -0.15) is 0 Å². The highest BCUT2D eigenvalue weighted by atomic mass is 32.2. The third-order valence-electron chi connectivity index (χ3n) is 4.75. The number of hydrogen-bond donors (Lipinski definition) is 1. The standard InChI is InChI=1S/C22H23F3N4O3S2/c1-4-29(10-9-16-13-33-20(28-16)34-21(2,3)18(30)31)19-26-11-15(12-27-19)14-5-7-17(8-6-14)32-22(23,24)25/h5-8,11-13H,4,9-10H2,1-3H3,(H,30,31). The van der Waals surface area contributed by atoms with Crippen molar-refractivity contribution in [1.82, 2.24) is 15.0 Å². The molecule has 0 amide bonds. The van der Waals surface area contributed by atoms with Crippen LogP contribution >= 0.6 is 23.1 Å². The molecule has 0 aliphatic rings. The van der Waals surface area contributed by atoms with E-state index in [1.807, 2.05) is 17.2 Å². The van der Waals surface area contributed by atoms with Crippen LogP contribution in [0.4, 0.5) is 19.1 Å². The number of carboxylic acid groups (broad SMARTS) is 1. The van der Waals surface area contributed by atoms with Gasteiger partial charge in [0.1, 0.15) is 10.5 Å². The third kappa shape index (κ3) is 7.07. The van der Waals surface area contributed by atoms with E-state index in [0.717, 1.165) is 5.69 Å². The SMILES string of the molecule is CCN(CCc1csc(SC(C)(C)C(=O)O)n1)c1ncc(-c2ccc(OC(F)(F)F)cc2)cn1. The van der Waals surface area contributed by atoms with Crippen LogP contribution in [0.15, 0.2) is 46.4 Å². The molecule has 1 N–H and O–H groups in total. The predicted octanol–water partition coefficient (Wildman–Crippen LogP) is 5.52. The molecular weight excluding hydrogens is 489 g/mol. The fourth-order valence-corrected chi connectivity index (χ4v) is 5.07. The Morgan fingerprint density at radius 3 is 2.35 bits per heavy atom. The van der Waals surface area contributed by atoms with Crippen molar-refractivity contribution >= 4 is 35.0 Å². The molecule has 2 heterocycles. The van der Waals surface area contributed by atoms with Crippen molar-refractivity contribution in [3.8, 4) is 16.9 Å². The molecule has 3 aromatic rings. The number of carbonyl (C=O) groups is 1.